The Morgan fingerprint density at radius 1 is 1.17 bits per heavy atom. The van der Waals surface area contributed by atoms with Gasteiger partial charge in [-0.1, -0.05) is 24.3 Å². The highest BCUT2D eigenvalue weighted by Gasteiger charge is 2.46. The first-order valence-electron chi connectivity index (χ1n) is 9.28. The van der Waals surface area contributed by atoms with Crippen LogP contribution in [-0.4, -0.2) is 29.9 Å². The summed E-state index contributed by atoms with van der Waals surface area (Å²) in [6, 6.07) is 9.24. The number of carbonyl (C=O) groups excluding carboxylic acids is 1. The van der Waals surface area contributed by atoms with E-state index in [1.807, 2.05) is 0 Å². The first kappa shape index (κ1) is 15.2. The van der Waals surface area contributed by atoms with E-state index in [1.54, 1.807) is 0 Å². The first-order valence-corrected chi connectivity index (χ1v) is 9.28. The highest BCUT2D eigenvalue weighted by Crippen LogP contribution is 2.47. The molecule has 3 heteroatoms. The topological polar surface area (TPSA) is 32.3 Å². The molecular formula is C20H28N2O. The number of carbonyl (C=O) groups is 1. The molecule has 4 rings (SSSR count). The molecule has 3 nitrogen and oxygen atoms in total. The summed E-state index contributed by atoms with van der Waals surface area (Å²) in [6.45, 7) is 4.16. The molecule has 2 saturated carbocycles. The standard InChI is InChI=1S/C20H28N2O/c1-15-4-2-3-5-18(15)20(11-12-20)21-17-8-9-19(23)22(13-10-17)14-16-6-7-16/h2-5,16-17,21H,6-14H2,1H3. The van der Waals surface area contributed by atoms with Crippen LogP contribution in [0.1, 0.15) is 56.1 Å². The third-order valence-corrected chi connectivity index (χ3v) is 5.87. The molecule has 1 amide bonds. The van der Waals surface area contributed by atoms with Crippen molar-refractivity contribution in [2.24, 2.45) is 5.92 Å². The van der Waals surface area contributed by atoms with E-state index in [9.17, 15) is 4.79 Å². The molecule has 2 aliphatic carbocycles. The first-order chi connectivity index (χ1) is 11.2. The van der Waals surface area contributed by atoms with E-state index in [0.717, 1.165) is 31.8 Å². The van der Waals surface area contributed by atoms with Gasteiger partial charge < -0.3 is 10.2 Å². The Balaban J connectivity index is 1.41. The number of rotatable bonds is 5. The number of nitrogens with zero attached hydrogens (tertiary/aromatic N) is 1. The lowest BCUT2D eigenvalue weighted by molar-refractivity contribution is -0.130. The Labute approximate surface area is 139 Å². The maximum atomic E-state index is 12.3. The predicted molar refractivity (Wildman–Crippen MR) is 92.2 cm³/mol. The average Bonchev–Trinajstić information content (AvgIpc) is 3.43. The van der Waals surface area contributed by atoms with Crippen molar-refractivity contribution in [2.45, 2.75) is 63.5 Å². The summed E-state index contributed by atoms with van der Waals surface area (Å²) >= 11 is 0. The predicted octanol–water partition coefficient (Wildman–Crippen LogP) is 3.36. The van der Waals surface area contributed by atoms with Crippen LogP contribution in [0.5, 0.6) is 0 Å². The van der Waals surface area contributed by atoms with Gasteiger partial charge in [-0.05, 0) is 62.5 Å². The number of aryl methyl sites for hydroxylation is 1. The van der Waals surface area contributed by atoms with Gasteiger partial charge in [-0.3, -0.25) is 4.79 Å². The average molecular weight is 312 g/mol. The molecule has 1 saturated heterocycles. The fourth-order valence-corrected chi connectivity index (χ4v) is 4.10. The summed E-state index contributed by atoms with van der Waals surface area (Å²) in [5, 5.41) is 3.93. The van der Waals surface area contributed by atoms with Crippen LogP contribution in [0.4, 0.5) is 0 Å². The molecule has 0 radical (unpaired) electrons. The molecule has 1 atom stereocenters. The van der Waals surface area contributed by atoms with Gasteiger partial charge in [0.25, 0.3) is 0 Å². The van der Waals surface area contributed by atoms with Crippen LogP contribution in [0.25, 0.3) is 0 Å². The largest absolute Gasteiger partial charge is 0.342 e. The summed E-state index contributed by atoms with van der Waals surface area (Å²) in [4.78, 5) is 14.5. The molecule has 1 aromatic rings. The third kappa shape index (κ3) is 3.30. The lowest BCUT2D eigenvalue weighted by Gasteiger charge is -2.26. The van der Waals surface area contributed by atoms with Crippen molar-refractivity contribution < 1.29 is 4.79 Å². The van der Waals surface area contributed by atoms with E-state index in [4.69, 9.17) is 0 Å². The molecule has 124 valence electrons. The lowest BCUT2D eigenvalue weighted by Crippen LogP contribution is -2.39. The normalized spacial score (nSPS) is 26.9. The van der Waals surface area contributed by atoms with E-state index in [-0.39, 0.29) is 5.54 Å². The monoisotopic (exact) mass is 312 g/mol. The van der Waals surface area contributed by atoms with Crippen LogP contribution < -0.4 is 5.32 Å². The summed E-state index contributed by atoms with van der Waals surface area (Å²) in [5.41, 5.74) is 3.04. The van der Waals surface area contributed by atoms with Crippen molar-refractivity contribution in [3.8, 4) is 0 Å². The molecule has 0 bridgehead atoms. The van der Waals surface area contributed by atoms with Crippen LogP contribution in [0.15, 0.2) is 24.3 Å². The van der Waals surface area contributed by atoms with Gasteiger partial charge in [0.15, 0.2) is 0 Å². The number of hydrogen-bond acceptors (Lipinski definition) is 2. The molecule has 0 aromatic heterocycles. The van der Waals surface area contributed by atoms with E-state index in [1.165, 1.54) is 36.8 Å². The Morgan fingerprint density at radius 2 is 1.96 bits per heavy atom. The molecule has 1 heterocycles. The molecule has 0 spiro atoms. The second-order valence-electron chi connectivity index (χ2n) is 7.85. The minimum atomic E-state index is 0.185. The number of benzene rings is 1. The number of nitrogens with one attached hydrogen (secondary N) is 1. The Hall–Kier alpha value is -1.35. The zero-order valence-electron chi connectivity index (χ0n) is 14.2. The van der Waals surface area contributed by atoms with Crippen molar-refractivity contribution in [3.05, 3.63) is 35.4 Å². The molecule has 1 aliphatic heterocycles. The minimum absolute atomic E-state index is 0.185. The fraction of sp³-hybridized carbons (Fsp3) is 0.650. The van der Waals surface area contributed by atoms with Gasteiger partial charge in [0.05, 0.1) is 0 Å². The van der Waals surface area contributed by atoms with Gasteiger partial charge in [-0.15, -0.1) is 0 Å². The summed E-state index contributed by atoms with van der Waals surface area (Å²) in [5.74, 6) is 1.17. The van der Waals surface area contributed by atoms with Crippen LogP contribution in [0.2, 0.25) is 0 Å². The minimum Gasteiger partial charge on any atom is -0.342 e. The van der Waals surface area contributed by atoms with Crippen LogP contribution >= 0.6 is 0 Å². The smallest absolute Gasteiger partial charge is 0.222 e. The Kier molecular flexibility index (Phi) is 3.92. The molecule has 1 N–H and O–H groups in total. The Morgan fingerprint density at radius 3 is 2.65 bits per heavy atom. The van der Waals surface area contributed by atoms with E-state index in [0.29, 0.717) is 18.4 Å². The fourth-order valence-electron chi connectivity index (χ4n) is 4.10. The van der Waals surface area contributed by atoms with E-state index >= 15 is 0 Å². The second kappa shape index (κ2) is 5.94. The maximum absolute atomic E-state index is 12.3. The van der Waals surface area contributed by atoms with Crippen molar-refractivity contribution in [1.29, 1.82) is 0 Å². The number of amides is 1. The highest BCUT2D eigenvalue weighted by molar-refractivity contribution is 5.76. The van der Waals surface area contributed by atoms with Gasteiger partial charge in [0.1, 0.15) is 0 Å². The summed E-state index contributed by atoms with van der Waals surface area (Å²) in [7, 11) is 0. The zero-order valence-corrected chi connectivity index (χ0v) is 14.2. The van der Waals surface area contributed by atoms with Gasteiger partial charge in [-0.25, -0.2) is 0 Å². The summed E-state index contributed by atoms with van der Waals surface area (Å²) < 4.78 is 0. The number of likely N-dealkylation sites (tertiary alicyclic amines) is 1. The zero-order chi connectivity index (χ0) is 15.9. The van der Waals surface area contributed by atoms with Crippen LogP contribution in [-0.2, 0) is 10.3 Å². The van der Waals surface area contributed by atoms with Crippen LogP contribution in [0.3, 0.4) is 0 Å². The van der Waals surface area contributed by atoms with Crippen molar-refractivity contribution in [2.75, 3.05) is 13.1 Å². The second-order valence-corrected chi connectivity index (χ2v) is 7.85. The molecule has 1 unspecified atom stereocenters. The van der Waals surface area contributed by atoms with Gasteiger partial charge in [0, 0.05) is 31.1 Å². The molecule has 23 heavy (non-hydrogen) atoms. The van der Waals surface area contributed by atoms with Crippen molar-refractivity contribution in [3.63, 3.8) is 0 Å². The SMILES string of the molecule is Cc1ccccc1C1(NC2CCC(=O)N(CC3CC3)CC2)CC1. The Bertz CT molecular complexity index is 589. The van der Waals surface area contributed by atoms with Gasteiger partial charge in [-0.2, -0.15) is 0 Å². The maximum Gasteiger partial charge on any atom is 0.222 e. The summed E-state index contributed by atoms with van der Waals surface area (Å²) in [6.07, 6.45) is 7.92. The quantitative estimate of drug-likeness (QED) is 0.904. The van der Waals surface area contributed by atoms with Crippen LogP contribution in [0, 0.1) is 12.8 Å². The van der Waals surface area contributed by atoms with Crippen molar-refractivity contribution >= 4 is 5.91 Å². The third-order valence-electron chi connectivity index (χ3n) is 5.87. The molecule has 3 fully saturated rings. The molecule has 1 aromatic carbocycles. The number of hydrogen-bond donors (Lipinski definition) is 1. The van der Waals surface area contributed by atoms with Gasteiger partial charge in [0.2, 0.25) is 5.91 Å². The molecular weight excluding hydrogens is 284 g/mol. The van der Waals surface area contributed by atoms with E-state index < -0.39 is 0 Å². The molecule has 3 aliphatic rings. The van der Waals surface area contributed by atoms with Crippen molar-refractivity contribution in [1.82, 2.24) is 10.2 Å². The van der Waals surface area contributed by atoms with Gasteiger partial charge >= 0.3 is 0 Å². The lowest BCUT2D eigenvalue weighted by atomic mass is 9.97. The van der Waals surface area contributed by atoms with E-state index in [2.05, 4.69) is 41.4 Å². The highest BCUT2D eigenvalue weighted by atomic mass is 16.2.